The zero-order chi connectivity index (χ0) is 14.7. The van der Waals surface area contributed by atoms with E-state index in [1.807, 2.05) is 65.4 Å². The average Bonchev–Trinajstić information content (AvgIpc) is 2.91. The van der Waals surface area contributed by atoms with Crippen LogP contribution in [0, 0.1) is 0 Å². The van der Waals surface area contributed by atoms with Crippen molar-refractivity contribution in [1.82, 2.24) is 9.88 Å². The molecule has 0 spiro atoms. The maximum absolute atomic E-state index is 12.1. The van der Waals surface area contributed by atoms with Crippen LogP contribution in [0.5, 0.6) is 0 Å². The molecule has 0 unspecified atom stereocenters. The van der Waals surface area contributed by atoms with Gasteiger partial charge in [0.05, 0.1) is 10.5 Å². The van der Waals surface area contributed by atoms with Crippen LogP contribution < -0.4 is 5.32 Å². The van der Waals surface area contributed by atoms with Crippen LogP contribution in [0.3, 0.4) is 0 Å². The second kappa shape index (κ2) is 6.02. The fourth-order valence-corrected chi connectivity index (χ4v) is 2.64. The maximum atomic E-state index is 12.1. The molecule has 21 heavy (non-hydrogen) atoms. The predicted molar refractivity (Wildman–Crippen MR) is 85.2 cm³/mol. The van der Waals surface area contributed by atoms with Gasteiger partial charge in [0, 0.05) is 18.1 Å². The van der Waals surface area contributed by atoms with Crippen LogP contribution in [0.25, 0.3) is 10.9 Å². The Bertz CT molecular complexity index is 765. The number of hydrogen-bond donors (Lipinski definition) is 1. The van der Waals surface area contributed by atoms with E-state index in [0.717, 1.165) is 16.5 Å². The van der Waals surface area contributed by atoms with Crippen molar-refractivity contribution in [1.29, 1.82) is 0 Å². The molecule has 106 valence electrons. The standard InChI is InChI=1S/C17H15ClN2O/c18-15-8-4-7-14-9-10-20(17(14)15)12-16(21)19-11-13-5-2-1-3-6-13/h1-10H,11-12H2,(H,19,21). The molecule has 1 N–H and O–H groups in total. The summed E-state index contributed by atoms with van der Waals surface area (Å²) in [6, 6.07) is 17.5. The van der Waals surface area contributed by atoms with E-state index >= 15 is 0 Å². The second-order valence-corrected chi connectivity index (χ2v) is 5.29. The van der Waals surface area contributed by atoms with Crippen molar-refractivity contribution in [2.24, 2.45) is 0 Å². The van der Waals surface area contributed by atoms with Crippen LogP contribution in [-0.4, -0.2) is 10.5 Å². The predicted octanol–water partition coefficient (Wildman–Crippen LogP) is 3.61. The van der Waals surface area contributed by atoms with Gasteiger partial charge in [0.1, 0.15) is 6.54 Å². The third kappa shape index (κ3) is 3.09. The summed E-state index contributed by atoms with van der Waals surface area (Å²) in [7, 11) is 0. The number of carbonyl (C=O) groups is 1. The topological polar surface area (TPSA) is 34.0 Å². The molecule has 0 aliphatic heterocycles. The Morgan fingerprint density at radius 1 is 1.05 bits per heavy atom. The van der Waals surface area contributed by atoms with Gasteiger partial charge in [-0.15, -0.1) is 0 Å². The molecular weight excluding hydrogens is 284 g/mol. The largest absolute Gasteiger partial charge is 0.350 e. The lowest BCUT2D eigenvalue weighted by Crippen LogP contribution is -2.26. The summed E-state index contributed by atoms with van der Waals surface area (Å²) in [4.78, 5) is 12.1. The Labute approximate surface area is 128 Å². The summed E-state index contributed by atoms with van der Waals surface area (Å²) in [5.41, 5.74) is 1.98. The summed E-state index contributed by atoms with van der Waals surface area (Å²) < 4.78 is 1.87. The van der Waals surface area contributed by atoms with Crippen molar-refractivity contribution in [2.45, 2.75) is 13.1 Å². The molecule has 1 aromatic heterocycles. The Morgan fingerprint density at radius 3 is 2.67 bits per heavy atom. The molecule has 2 aromatic carbocycles. The van der Waals surface area contributed by atoms with Gasteiger partial charge in [-0.2, -0.15) is 0 Å². The van der Waals surface area contributed by atoms with Crippen LogP contribution in [0.4, 0.5) is 0 Å². The highest BCUT2D eigenvalue weighted by Gasteiger charge is 2.08. The first-order valence-electron chi connectivity index (χ1n) is 6.78. The molecule has 3 nitrogen and oxygen atoms in total. The van der Waals surface area contributed by atoms with Crippen LogP contribution in [0.15, 0.2) is 60.8 Å². The summed E-state index contributed by atoms with van der Waals surface area (Å²) in [6.45, 7) is 0.798. The molecule has 0 aliphatic carbocycles. The lowest BCUT2D eigenvalue weighted by molar-refractivity contribution is -0.121. The number of rotatable bonds is 4. The van der Waals surface area contributed by atoms with E-state index in [2.05, 4.69) is 5.32 Å². The highest BCUT2D eigenvalue weighted by atomic mass is 35.5. The van der Waals surface area contributed by atoms with E-state index in [1.54, 1.807) is 0 Å². The lowest BCUT2D eigenvalue weighted by atomic mass is 10.2. The molecule has 1 amide bonds. The van der Waals surface area contributed by atoms with Gasteiger partial charge in [-0.3, -0.25) is 4.79 Å². The Kier molecular flexibility index (Phi) is 3.93. The van der Waals surface area contributed by atoms with Crippen molar-refractivity contribution in [3.63, 3.8) is 0 Å². The van der Waals surface area contributed by atoms with Gasteiger partial charge >= 0.3 is 0 Å². The molecule has 3 rings (SSSR count). The fraction of sp³-hybridized carbons (Fsp3) is 0.118. The Balaban J connectivity index is 1.69. The zero-order valence-corrected chi connectivity index (χ0v) is 12.2. The number of nitrogens with zero attached hydrogens (tertiary/aromatic N) is 1. The van der Waals surface area contributed by atoms with Crippen molar-refractivity contribution < 1.29 is 4.79 Å². The second-order valence-electron chi connectivity index (χ2n) is 4.88. The number of aromatic nitrogens is 1. The first-order valence-corrected chi connectivity index (χ1v) is 7.16. The molecule has 0 saturated heterocycles. The van der Waals surface area contributed by atoms with Gasteiger partial charge in [0.25, 0.3) is 0 Å². The van der Waals surface area contributed by atoms with Gasteiger partial charge in [-0.1, -0.05) is 54.1 Å². The molecule has 0 saturated carbocycles. The van der Waals surface area contributed by atoms with Crippen molar-refractivity contribution in [3.8, 4) is 0 Å². The van der Waals surface area contributed by atoms with Crippen LogP contribution in [-0.2, 0) is 17.9 Å². The maximum Gasteiger partial charge on any atom is 0.240 e. The number of carbonyl (C=O) groups excluding carboxylic acids is 1. The number of halogens is 1. The molecule has 0 bridgehead atoms. The summed E-state index contributed by atoms with van der Waals surface area (Å²) >= 11 is 6.21. The summed E-state index contributed by atoms with van der Waals surface area (Å²) in [6.07, 6.45) is 1.89. The monoisotopic (exact) mass is 298 g/mol. The van der Waals surface area contributed by atoms with Crippen LogP contribution >= 0.6 is 11.6 Å². The fourth-order valence-electron chi connectivity index (χ4n) is 2.35. The lowest BCUT2D eigenvalue weighted by Gasteiger charge is -2.08. The molecule has 3 aromatic rings. The van der Waals surface area contributed by atoms with E-state index in [9.17, 15) is 4.79 Å². The van der Waals surface area contributed by atoms with Gasteiger partial charge in [0.2, 0.25) is 5.91 Å². The van der Waals surface area contributed by atoms with E-state index in [0.29, 0.717) is 11.6 Å². The first-order chi connectivity index (χ1) is 10.2. The Hall–Kier alpha value is -2.26. The molecule has 0 aliphatic rings. The smallest absolute Gasteiger partial charge is 0.240 e. The van der Waals surface area contributed by atoms with E-state index in [4.69, 9.17) is 11.6 Å². The Morgan fingerprint density at radius 2 is 1.86 bits per heavy atom. The number of hydrogen-bond acceptors (Lipinski definition) is 1. The van der Waals surface area contributed by atoms with Crippen LogP contribution in [0.2, 0.25) is 5.02 Å². The number of para-hydroxylation sites is 1. The molecule has 0 atom stereocenters. The third-order valence-corrected chi connectivity index (χ3v) is 3.69. The van der Waals surface area contributed by atoms with Gasteiger partial charge in [0.15, 0.2) is 0 Å². The van der Waals surface area contributed by atoms with Gasteiger partial charge in [-0.05, 0) is 17.7 Å². The molecule has 1 heterocycles. The van der Waals surface area contributed by atoms with Crippen molar-refractivity contribution in [2.75, 3.05) is 0 Å². The quantitative estimate of drug-likeness (QED) is 0.784. The first kappa shape index (κ1) is 13.7. The van der Waals surface area contributed by atoms with E-state index in [-0.39, 0.29) is 12.5 Å². The van der Waals surface area contributed by atoms with Crippen molar-refractivity contribution >= 4 is 28.4 Å². The highest BCUT2D eigenvalue weighted by molar-refractivity contribution is 6.35. The average molecular weight is 299 g/mol. The molecule has 0 fully saturated rings. The molecular formula is C17H15ClN2O. The minimum atomic E-state index is -0.0312. The van der Waals surface area contributed by atoms with E-state index < -0.39 is 0 Å². The third-order valence-electron chi connectivity index (χ3n) is 3.39. The normalized spacial score (nSPS) is 10.7. The number of nitrogens with one attached hydrogen (secondary N) is 1. The molecule has 4 heteroatoms. The zero-order valence-electron chi connectivity index (χ0n) is 11.4. The SMILES string of the molecule is O=C(Cn1ccc2cccc(Cl)c21)NCc1ccccc1. The van der Waals surface area contributed by atoms with Gasteiger partial charge < -0.3 is 9.88 Å². The number of fused-ring (bicyclic) bond motifs is 1. The minimum Gasteiger partial charge on any atom is -0.350 e. The molecule has 0 radical (unpaired) electrons. The van der Waals surface area contributed by atoms with Crippen molar-refractivity contribution in [3.05, 3.63) is 71.4 Å². The van der Waals surface area contributed by atoms with Gasteiger partial charge in [-0.25, -0.2) is 0 Å². The summed E-state index contributed by atoms with van der Waals surface area (Å²) in [5.74, 6) is -0.0312. The number of amides is 1. The number of benzene rings is 2. The van der Waals surface area contributed by atoms with Crippen LogP contribution in [0.1, 0.15) is 5.56 Å². The minimum absolute atomic E-state index is 0.0312. The highest BCUT2D eigenvalue weighted by Crippen LogP contribution is 2.24. The summed E-state index contributed by atoms with van der Waals surface area (Å²) in [5, 5.41) is 4.62. The van der Waals surface area contributed by atoms with E-state index in [1.165, 1.54) is 0 Å².